The Labute approximate surface area is 120 Å². The fourth-order valence-corrected chi connectivity index (χ4v) is 2.80. The number of methoxy groups -OCH3 is 2. The molecule has 0 spiro atoms. The highest BCUT2D eigenvalue weighted by Crippen LogP contribution is 2.25. The molecule has 1 saturated heterocycles. The quantitative estimate of drug-likeness (QED) is 0.793. The molecule has 4 nitrogen and oxygen atoms in total. The Hall–Kier alpha value is -1.55. The Morgan fingerprint density at radius 2 is 2.00 bits per heavy atom. The third-order valence-electron chi connectivity index (χ3n) is 4.09. The zero-order valence-electron chi connectivity index (χ0n) is 12.5. The molecule has 20 heavy (non-hydrogen) atoms. The smallest absolute Gasteiger partial charge is 0.308 e. The van der Waals surface area contributed by atoms with Crippen LogP contribution < -0.4 is 4.74 Å². The largest absolute Gasteiger partial charge is 0.497 e. The zero-order valence-corrected chi connectivity index (χ0v) is 12.5. The van der Waals surface area contributed by atoms with Gasteiger partial charge in [-0.3, -0.25) is 9.69 Å². The maximum absolute atomic E-state index is 11.6. The number of likely N-dealkylation sites (tertiary alicyclic amines) is 1. The first-order chi connectivity index (χ1) is 9.63. The molecule has 0 N–H and O–H groups in total. The summed E-state index contributed by atoms with van der Waals surface area (Å²) in [6.07, 6.45) is 1.76. The van der Waals surface area contributed by atoms with Gasteiger partial charge in [-0.25, -0.2) is 0 Å². The van der Waals surface area contributed by atoms with E-state index in [-0.39, 0.29) is 11.9 Å². The molecule has 1 fully saturated rings. The molecule has 1 heterocycles. The van der Waals surface area contributed by atoms with Crippen LogP contribution in [-0.4, -0.2) is 37.7 Å². The number of carbonyl (C=O) groups is 1. The van der Waals surface area contributed by atoms with Crippen LogP contribution in [0.15, 0.2) is 24.3 Å². The van der Waals surface area contributed by atoms with Gasteiger partial charge < -0.3 is 9.47 Å². The van der Waals surface area contributed by atoms with Gasteiger partial charge in [0, 0.05) is 12.6 Å². The molecule has 0 radical (unpaired) electrons. The monoisotopic (exact) mass is 277 g/mol. The summed E-state index contributed by atoms with van der Waals surface area (Å²) in [5.41, 5.74) is 1.27. The van der Waals surface area contributed by atoms with Crippen molar-refractivity contribution in [1.82, 2.24) is 4.90 Å². The van der Waals surface area contributed by atoms with E-state index in [1.54, 1.807) is 7.11 Å². The van der Waals surface area contributed by atoms with Crippen LogP contribution in [-0.2, 0) is 16.1 Å². The molecule has 0 bridgehead atoms. The van der Waals surface area contributed by atoms with Gasteiger partial charge >= 0.3 is 5.97 Å². The number of rotatable bonds is 4. The van der Waals surface area contributed by atoms with Crippen molar-refractivity contribution in [2.24, 2.45) is 5.92 Å². The summed E-state index contributed by atoms with van der Waals surface area (Å²) in [6, 6.07) is 8.56. The van der Waals surface area contributed by atoms with Crippen LogP contribution in [0.5, 0.6) is 5.75 Å². The molecular weight excluding hydrogens is 254 g/mol. The normalized spacial score (nSPS) is 23.4. The third kappa shape index (κ3) is 3.51. The van der Waals surface area contributed by atoms with Gasteiger partial charge in [-0.05, 0) is 44.0 Å². The predicted molar refractivity (Wildman–Crippen MR) is 77.6 cm³/mol. The van der Waals surface area contributed by atoms with Gasteiger partial charge in [-0.15, -0.1) is 0 Å². The molecule has 1 aromatic carbocycles. The van der Waals surface area contributed by atoms with Crippen LogP contribution >= 0.6 is 0 Å². The number of nitrogens with zero attached hydrogens (tertiary/aromatic N) is 1. The summed E-state index contributed by atoms with van der Waals surface area (Å²) < 4.78 is 10.0. The van der Waals surface area contributed by atoms with Crippen LogP contribution in [0, 0.1) is 5.92 Å². The van der Waals surface area contributed by atoms with Crippen molar-refractivity contribution >= 4 is 5.97 Å². The van der Waals surface area contributed by atoms with E-state index in [1.807, 2.05) is 12.1 Å². The maximum atomic E-state index is 11.6. The number of carbonyl (C=O) groups excluding carboxylic acids is 1. The van der Waals surface area contributed by atoms with E-state index in [0.717, 1.165) is 31.7 Å². The molecule has 1 aliphatic heterocycles. The molecule has 0 amide bonds. The Balaban J connectivity index is 1.92. The minimum Gasteiger partial charge on any atom is -0.497 e. The topological polar surface area (TPSA) is 38.8 Å². The van der Waals surface area contributed by atoms with E-state index in [0.29, 0.717) is 6.04 Å². The lowest BCUT2D eigenvalue weighted by atomic mass is 9.91. The molecule has 110 valence electrons. The maximum Gasteiger partial charge on any atom is 0.308 e. The molecule has 1 aromatic rings. The number of esters is 1. The number of ether oxygens (including phenoxy) is 2. The van der Waals surface area contributed by atoms with Crippen molar-refractivity contribution in [3.63, 3.8) is 0 Å². The Morgan fingerprint density at radius 3 is 2.55 bits per heavy atom. The average molecular weight is 277 g/mol. The lowest BCUT2D eigenvalue weighted by Gasteiger charge is -2.36. The first kappa shape index (κ1) is 14.9. The highest BCUT2D eigenvalue weighted by molar-refractivity contribution is 5.72. The van der Waals surface area contributed by atoms with Gasteiger partial charge in [0.25, 0.3) is 0 Å². The van der Waals surface area contributed by atoms with Crippen molar-refractivity contribution in [2.45, 2.75) is 32.4 Å². The first-order valence-electron chi connectivity index (χ1n) is 7.09. The van der Waals surface area contributed by atoms with Gasteiger partial charge in [0.1, 0.15) is 5.75 Å². The molecule has 2 atom stereocenters. The van der Waals surface area contributed by atoms with Crippen LogP contribution in [0.25, 0.3) is 0 Å². The summed E-state index contributed by atoms with van der Waals surface area (Å²) in [5, 5.41) is 0. The molecule has 1 aliphatic rings. The van der Waals surface area contributed by atoms with Crippen molar-refractivity contribution in [3.8, 4) is 5.75 Å². The molecule has 2 rings (SSSR count). The van der Waals surface area contributed by atoms with Crippen LogP contribution in [0.3, 0.4) is 0 Å². The molecule has 4 heteroatoms. The second-order valence-electron chi connectivity index (χ2n) is 5.41. The minimum absolute atomic E-state index is 0.0575. The van der Waals surface area contributed by atoms with E-state index >= 15 is 0 Å². The fourth-order valence-electron chi connectivity index (χ4n) is 2.80. The second kappa shape index (κ2) is 6.75. The molecule has 0 aliphatic carbocycles. The van der Waals surface area contributed by atoms with E-state index in [9.17, 15) is 4.79 Å². The van der Waals surface area contributed by atoms with Crippen LogP contribution in [0.2, 0.25) is 0 Å². The Kier molecular flexibility index (Phi) is 5.01. The van der Waals surface area contributed by atoms with E-state index in [1.165, 1.54) is 12.7 Å². The Morgan fingerprint density at radius 1 is 1.30 bits per heavy atom. The standard InChI is InChI=1S/C16H23NO3/c1-12-10-14(16(18)20-3)8-9-17(12)11-13-4-6-15(19-2)7-5-13/h4-7,12,14H,8-11H2,1-3H3. The summed E-state index contributed by atoms with van der Waals surface area (Å²) in [6.45, 7) is 4.03. The van der Waals surface area contributed by atoms with Gasteiger partial charge in [0.15, 0.2) is 0 Å². The van der Waals surface area contributed by atoms with Gasteiger partial charge in [-0.2, -0.15) is 0 Å². The van der Waals surface area contributed by atoms with E-state index in [2.05, 4.69) is 24.0 Å². The molecular formula is C16H23NO3. The highest BCUT2D eigenvalue weighted by atomic mass is 16.5. The van der Waals surface area contributed by atoms with Crippen molar-refractivity contribution in [1.29, 1.82) is 0 Å². The predicted octanol–water partition coefficient (Wildman–Crippen LogP) is 2.47. The van der Waals surface area contributed by atoms with E-state index in [4.69, 9.17) is 9.47 Å². The summed E-state index contributed by atoms with van der Waals surface area (Å²) in [4.78, 5) is 14.0. The number of piperidine rings is 1. The third-order valence-corrected chi connectivity index (χ3v) is 4.09. The van der Waals surface area contributed by atoms with Crippen LogP contribution in [0.4, 0.5) is 0 Å². The highest BCUT2D eigenvalue weighted by Gasteiger charge is 2.30. The van der Waals surface area contributed by atoms with Crippen molar-refractivity contribution in [2.75, 3.05) is 20.8 Å². The molecule has 0 aromatic heterocycles. The number of hydrogen-bond donors (Lipinski definition) is 0. The lowest BCUT2D eigenvalue weighted by molar-refractivity contribution is -0.147. The average Bonchev–Trinajstić information content (AvgIpc) is 2.49. The van der Waals surface area contributed by atoms with Gasteiger partial charge in [0.05, 0.1) is 20.1 Å². The van der Waals surface area contributed by atoms with Gasteiger partial charge in [-0.1, -0.05) is 12.1 Å². The molecule has 0 saturated carbocycles. The number of benzene rings is 1. The van der Waals surface area contributed by atoms with Gasteiger partial charge in [0.2, 0.25) is 0 Å². The first-order valence-corrected chi connectivity index (χ1v) is 7.09. The summed E-state index contributed by atoms with van der Waals surface area (Å²) in [5.74, 6) is 0.870. The van der Waals surface area contributed by atoms with E-state index < -0.39 is 0 Å². The lowest BCUT2D eigenvalue weighted by Crippen LogP contribution is -2.42. The minimum atomic E-state index is -0.0686. The Bertz CT molecular complexity index is 444. The SMILES string of the molecule is COC(=O)C1CCN(Cc2ccc(OC)cc2)C(C)C1. The van der Waals surface area contributed by atoms with Crippen molar-refractivity contribution in [3.05, 3.63) is 29.8 Å². The number of hydrogen-bond acceptors (Lipinski definition) is 4. The summed E-state index contributed by atoms with van der Waals surface area (Å²) in [7, 11) is 3.14. The summed E-state index contributed by atoms with van der Waals surface area (Å²) >= 11 is 0. The van der Waals surface area contributed by atoms with Crippen molar-refractivity contribution < 1.29 is 14.3 Å². The fraction of sp³-hybridized carbons (Fsp3) is 0.562. The molecule has 2 unspecified atom stereocenters. The van der Waals surface area contributed by atoms with Crippen LogP contribution in [0.1, 0.15) is 25.3 Å². The second-order valence-corrected chi connectivity index (χ2v) is 5.41. The zero-order chi connectivity index (χ0) is 14.5.